The fraction of sp³-hybridized carbons (Fsp3) is 0.250. The summed E-state index contributed by atoms with van der Waals surface area (Å²) < 4.78 is 37.4. The van der Waals surface area contributed by atoms with Gasteiger partial charge in [0, 0.05) is 24.5 Å². The molecule has 1 fully saturated rings. The van der Waals surface area contributed by atoms with Gasteiger partial charge in [-0.05, 0) is 55.3 Å². The number of hydrogen-bond acceptors (Lipinski definition) is 7. The van der Waals surface area contributed by atoms with Crippen molar-refractivity contribution in [2.45, 2.75) is 24.3 Å². The van der Waals surface area contributed by atoms with Crippen molar-refractivity contribution in [2.75, 3.05) is 30.3 Å². The number of esters is 1. The van der Waals surface area contributed by atoms with Crippen LogP contribution in [0, 0.1) is 0 Å². The van der Waals surface area contributed by atoms with E-state index >= 15 is 0 Å². The molecule has 2 heterocycles. The molecule has 0 aliphatic carbocycles. The second kappa shape index (κ2) is 10.5. The van der Waals surface area contributed by atoms with Gasteiger partial charge in [0.15, 0.2) is 6.61 Å². The van der Waals surface area contributed by atoms with Gasteiger partial charge in [-0.1, -0.05) is 18.2 Å². The lowest BCUT2D eigenvalue weighted by Crippen LogP contribution is -2.28. The van der Waals surface area contributed by atoms with Crippen molar-refractivity contribution in [3.05, 3.63) is 78.3 Å². The predicted octanol–water partition coefficient (Wildman–Crippen LogP) is 3.47. The molecule has 4 rings (SSSR count). The van der Waals surface area contributed by atoms with Gasteiger partial charge in [-0.25, -0.2) is 13.2 Å². The maximum absolute atomic E-state index is 12.7. The molecule has 9 nitrogen and oxygen atoms in total. The van der Waals surface area contributed by atoms with E-state index in [1.807, 2.05) is 6.07 Å². The molecule has 34 heavy (non-hydrogen) atoms. The van der Waals surface area contributed by atoms with Gasteiger partial charge in [0.25, 0.3) is 5.91 Å². The summed E-state index contributed by atoms with van der Waals surface area (Å²) in [5.74, 6) is -0.537. The monoisotopic (exact) mass is 483 g/mol. The van der Waals surface area contributed by atoms with Gasteiger partial charge in [0.05, 0.1) is 23.3 Å². The first-order chi connectivity index (χ1) is 16.4. The Morgan fingerprint density at radius 3 is 2.56 bits per heavy atom. The van der Waals surface area contributed by atoms with Gasteiger partial charge in [-0.15, -0.1) is 0 Å². The van der Waals surface area contributed by atoms with E-state index in [4.69, 9.17) is 9.15 Å². The highest BCUT2D eigenvalue weighted by Crippen LogP contribution is 2.23. The highest BCUT2D eigenvalue weighted by molar-refractivity contribution is 7.89. The first kappa shape index (κ1) is 23.5. The number of sulfonamides is 1. The quantitative estimate of drug-likeness (QED) is 0.448. The van der Waals surface area contributed by atoms with E-state index in [0.29, 0.717) is 36.8 Å². The zero-order valence-corrected chi connectivity index (χ0v) is 19.2. The lowest BCUT2D eigenvalue weighted by Gasteiger charge is -2.16. The lowest BCUT2D eigenvalue weighted by molar-refractivity contribution is -0.119. The molecule has 0 radical (unpaired) electrons. The maximum Gasteiger partial charge on any atom is 0.340 e. The summed E-state index contributed by atoms with van der Waals surface area (Å²) >= 11 is 0. The number of nitrogens with zero attached hydrogens (tertiary/aromatic N) is 1. The summed E-state index contributed by atoms with van der Waals surface area (Å²) in [6.45, 7) is 0.850. The van der Waals surface area contributed by atoms with E-state index in [2.05, 4.69) is 10.6 Å². The number of ether oxygens (including phenoxy) is 1. The van der Waals surface area contributed by atoms with Crippen molar-refractivity contribution in [1.82, 2.24) is 4.31 Å². The van der Waals surface area contributed by atoms with Crippen LogP contribution in [0.1, 0.15) is 29.0 Å². The van der Waals surface area contributed by atoms with Crippen LogP contribution in [0.5, 0.6) is 0 Å². The van der Waals surface area contributed by atoms with E-state index in [0.717, 1.165) is 12.8 Å². The van der Waals surface area contributed by atoms with Gasteiger partial charge in [0.1, 0.15) is 5.76 Å². The lowest BCUT2D eigenvalue weighted by atomic mass is 10.2. The third-order valence-electron chi connectivity index (χ3n) is 5.34. The summed E-state index contributed by atoms with van der Waals surface area (Å²) in [6.07, 6.45) is 3.23. The van der Waals surface area contributed by atoms with Crippen LogP contribution < -0.4 is 10.6 Å². The standard InChI is InChI=1S/C24H25N3O6S/c28-23(26-18-7-5-9-20(15-18)34(30,31)27-12-3-4-13-27)17-33-24(29)21-10-1-2-11-22(21)25-16-19-8-6-14-32-19/h1-2,5-11,14-15,25H,3-4,12-13,16-17H2,(H,26,28). The molecule has 1 aliphatic rings. The fourth-order valence-corrected chi connectivity index (χ4v) is 5.19. The van der Waals surface area contributed by atoms with Crippen LogP contribution in [0.2, 0.25) is 0 Å². The minimum absolute atomic E-state index is 0.112. The number of carbonyl (C=O) groups is 2. The molecule has 1 amide bonds. The highest BCUT2D eigenvalue weighted by atomic mass is 32.2. The van der Waals surface area contributed by atoms with Gasteiger partial charge in [-0.3, -0.25) is 4.79 Å². The molecule has 2 aromatic carbocycles. The summed E-state index contributed by atoms with van der Waals surface area (Å²) in [5.41, 5.74) is 1.13. The number of rotatable bonds is 9. The Bertz CT molecular complexity index is 1250. The van der Waals surface area contributed by atoms with Crippen LogP contribution in [0.3, 0.4) is 0 Å². The van der Waals surface area contributed by atoms with E-state index in [1.54, 1.807) is 48.7 Å². The van der Waals surface area contributed by atoms with E-state index < -0.39 is 28.5 Å². The predicted molar refractivity (Wildman–Crippen MR) is 126 cm³/mol. The van der Waals surface area contributed by atoms with Crippen molar-refractivity contribution in [2.24, 2.45) is 0 Å². The number of para-hydroxylation sites is 1. The van der Waals surface area contributed by atoms with Gasteiger partial charge < -0.3 is 19.8 Å². The van der Waals surface area contributed by atoms with Crippen molar-refractivity contribution >= 4 is 33.3 Å². The topological polar surface area (TPSA) is 118 Å². The average molecular weight is 484 g/mol. The van der Waals surface area contributed by atoms with Crippen molar-refractivity contribution in [3.8, 4) is 0 Å². The number of hydrogen-bond donors (Lipinski definition) is 2. The van der Waals surface area contributed by atoms with E-state index in [9.17, 15) is 18.0 Å². The Morgan fingerprint density at radius 1 is 1.00 bits per heavy atom. The molecular weight excluding hydrogens is 458 g/mol. The fourth-order valence-electron chi connectivity index (χ4n) is 3.63. The van der Waals surface area contributed by atoms with Crippen LogP contribution in [0.4, 0.5) is 11.4 Å². The molecule has 1 saturated heterocycles. The largest absolute Gasteiger partial charge is 0.467 e. The van der Waals surface area contributed by atoms with E-state index in [1.165, 1.54) is 16.4 Å². The van der Waals surface area contributed by atoms with Crippen LogP contribution in [-0.2, 0) is 26.1 Å². The smallest absolute Gasteiger partial charge is 0.340 e. The molecular formula is C24H25N3O6S. The number of benzene rings is 2. The van der Waals surface area contributed by atoms with Crippen LogP contribution in [0.25, 0.3) is 0 Å². The Morgan fingerprint density at radius 2 is 1.79 bits per heavy atom. The molecule has 1 aromatic heterocycles. The van der Waals surface area contributed by atoms with Crippen molar-refractivity contribution in [3.63, 3.8) is 0 Å². The maximum atomic E-state index is 12.7. The van der Waals surface area contributed by atoms with Crippen LogP contribution in [-0.4, -0.2) is 44.3 Å². The molecule has 0 atom stereocenters. The molecule has 10 heteroatoms. The van der Waals surface area contributed by atoms with Crippen LogP contribution >= 0.6 is 0 Å². The zero-order chi connectivity index (χ0) is 24.0. The first-order valence-corrected chi connectivity index (χ1v) is 12.3. The number of amides is 1. The van der Waals surface area contributed by atoms with Gasteiger partial charge in [0.2, 0.25) is 10.0 Å². The van der Waals surface area contributed by atoms with Crippen LogP contribution in [0.15, 0.2) is 76.2 Å². The Balaban J connectivity index is 1.34. The molecule has 0 unspecified atom stereocenters. The Hall–Kier alpha value is -3.63. The van der Waals surface area contributed by atoms with Gasteiger partial charge >= 0.3 is 5.97 Å². The molecule has 1 aliphatic heterocycles. The SMILES string of the molecule is O=C(COC(=O)c1ccccc1NCc1ccco1)Nc1cccc(S(=O)(=O)N2CCCC2)c1. The Labute approximate surface area is 197 Å². The number of furan rings is 1. The molecule has 3 aromatic rings. The summed E-state index contributed by atoms with van der Waals surface area (Å²) in [4.78, 5) is 25.0. The molecule has 0 saturated carbocycles. The third-order valence-corrected chi connectivity index (χ3v) is 7.23. The summed E-state index contributed by atoms with van der Waals surface area (Å²) in [6, 6.07) is 16.4. The average Bonchev–Trinajstić information content (AvgIpc) is 3.56. The minimum atomic E-state index is -3.60. The van der Waals surface area contributed by atoms with Crippen molar-refractivity contribution < 1.29 is 27.2 Å². The molecule has 178 valence electrons. The number of anilines is 2. The van der Waals surface area contributed by atoms with Crippen molar-refractivity contribution in [1.29, 1.82) is 0 Å². The molecule has 2 N–H and O–H groups in total. The van der Waals surface area contributed by atoms with Gasteiger partial charge in [-0.2, -0.15) is 4.31 Å². The number of nitrogens with one attached hydrogen (secondary N) is 2. The summed E-state index contributed by atoms with van der Waals surface area (Å²) in [5, 5.41) is 5.69. The second-order valence-corrected chi connectivity index (χ2v) is 9.68. The normalized spacial score (nSPS) is 14.0. The molecule has 0 spiro atoms. The minimum Gasteiger partial charge on any atom is -0.467 e. The zero-order valence-electron chi connectivity index (χ0n) is 18.4. The van der Waals surface area contributed by atoms with E-state index in [-0.39, 0.29) is 10.5 Å². The Kier molecular flexibility index (Phi) is 7.29. The third kappa shape index (κ3) is 5.64. The number of carbonyl (C=O) groups excluding carboxylic acids is 2. The second-order valence-electron chi connectivity index (χ2n) is 7.74. The summed E-state index contributed by atoms with van der Waals surface area (Å²) in [7, 11) is -3.60. The molecule has 0 bridgehead atoms. The highest BCUT2D eigenvalue weighted by Gasteiger charge is 2.27. The first-order valence-electron chi connectivity index (χ1n) is 10.9.